The van der Waals surface area contributed by atoms with Crippen LogP contribution in [0, 0.1) is 5.82 Å². The molecular weight excluding hydrogens is 383 g/mol. The average molecular weight is 402 g/mol. The normalized spacial score (nSPS) is 17.7. The Morgan fingerprint density at radius 1 is 1.29 bits per heavy atom. The van der Waals surface area contributed by atoms with Crippen molar-refractivity contribution in [2.24, 2.45) is 0 Å². The first-order valence-electron chi connectivity index (χ1n) is 8.97. The highest BCUT2D eigenvalue weighted by Crippen LogP contribution is 2.56. The molecule has 3 heterocycles. The lowest BCUT2D eigenvalue weighted by atomic mass is 9.65. The Balaban J connectivity index is 1.71. The second-order valence-electron chi connectivity index (χ2n) is 7.52. The van der Waals surface area contributed by atoms with Crippen LogP contribution in [-0.2, 0) is 15.4 Å². The van der Waals surface area contributed by atoms with Crippen LogP contribution in [0.5, 0.6) is 0 Å². The molecule has 0 unspecified atom stereocenters. The van der Waals surface area contributed by atoms with E-state index in [1.54, 1.807) is 18.3 Å². The molecule has 8 nitrogen and oxygen atoms in total. The summed E-state index contributed by atoms with van der Waals surface area (Å²) in [6.45, 7) is 0.266. The fourth-order valence-electron chi connectivity index (χ4n) is 4.34. The minimum atomic E-state index is -3.57. The number of nitrogens with one attached hydrogen (secondary N) is 2. The van der Waals surface area contributed by atoms with Gasteiger partial charge in [0.2, 0.25) is 16.0 Å². The van der Waals surface area contributed by atoms with Gasteiger partial charge >= 0.3 is 0 Å². The maximum Gasteiger partial charge on any atom is 0.232 e. The maximum absolute atomic E-state index is 14.9. The number of rotatable bonds is 3. The van der Waals surface area contributed by atoms with Gasteiger partial charge in [0.25, 0.3) is 0 Å². The maximum atomic E-state index is 14.9. The number of nitrogen functional groups attached to an aromatic ring is 1. The lowest BCUT2D eigenvalue weighted by Crippen LogP contribution is -2.41. The highest BCUT2D eigenvalue weighted by molar-refractivity contribution is 7.92. The standard InChI is InChI=1S/C18H19FN6O2S/c1-28(26,27)25-9-18(6-2-7-18)13-11(19)3-4-12(14(13)25)22-16-10-5-8-21-15(10)23-17(20)24-16/h3-5,8H,2,6-7,9H2,1H3,(H4,20,21,22,23,24). The number of benzene rings is 1. The summed E-state index contributed by atoms with van der Waals surface area (Å²) in [7, 11) is -3.57. The molecule has 0 atom stereocenters. The van der Waals surface area contributed by atoms with Crippen molar-refractivity contribution in [1.82, 2.24) is 15.0 Å². The molecule has 0 radical (unpaired) electrons. The van der Waals surface area contributed by atoms with Gasteiger partial charge in [0.15, 0.2) is 0 Å². The van der Waals surface area contributed by atoms with Crippen molar-refractivity contribution in [3.8, 4) is 0 Å². The summed E-state index contributed by atoms with van der Waals surface area (Å²) in [6.07, 6.45) is 5.37. The van der Waals surface area contributed by atoms with E-state index in [9.17, 15) is 12.8 Å². The zero-order chi connectivity index (χ0) is 19.7. The number of aromatic nitrogens is 3. The number of H-pyrrole nitrogens is 1. The zero-order valence-corrected chi connectivity index (χ0v) is 16.0. The van der Waals surface area contributed by atoms with Gasteiger partial charge in [-0.05, 0) is 31.0 Å². The van der Waals surface area contributed by atoms with E-state index in [4.69, 9.17) is 5.73 Å². The second kappa shape index (κ2) is 5.57. The molecule has 0 saturated heterocycles. The van der Waals surface area contributed by atoms with Crippen LogP contribution < -0.4 is 15.4 Å². The van der Waals surface area contributed by atoms with E-state index in [1.165, 1.54) is 10.4 Å². The number of fused-ring (bicyclic) bond motifs is 3. The summed E-state index contributed by atoms with van der Waals surface area (Å²) in [5, 5.41) is 3.87. The predicted octanol–water partition coefficient (Wildman–Crippen LogP) is 2.62. The van der Waals surface area contributed by atoms with E-state index in [-0.39, 0.29) is 18.3 Å². The Hall–Kier alpha value is -2.88. The molecule has 2 aromatic heterocycles. The van der Waals surface area contributed by atoms with Gasteiger partial charge in [0.05, 0.1) is 23.0 Å². The number of nitrogens with two attached hydrogens (primary N) is 1. The predicted molar refractivity (Wildman–Crippen MR) is 106 cm³/mol. The van der Waals surface area contributed by atoms with Crippen molar-refractivity contribution in [3.63, 3.8) is 0 Å². The highest BCUT2D eigenvalue weighted by atomic mass is 32.2. The summed E-state index contributed by atoms with van der Waals surface area (Å²) in [5.41, 5.74) is 7.22. The molecule has 0 amide bonds. The number of anilines is 4. The molecule has 2 aliphatic rings. The molecular formula is C18H19FN6O2S. The largest absolute Gasteiger partial charge is 0.368 e. The smallest absolute Gasteiger partial charge is 0.232 e. The Morgan fingerprint density at radius 3 is 2.75 bits per heavy atom. The molecule has 1 aromatic carbocycles. The van der Waals surface area contributed by atoms with Gasteiger partial charge in [0, 0.05) is 23.7 Å². The quantitative estimate of drug-likeness (QED) is 0.620. The third-order valence-electron chi connectivity index (χ3n) is 5.75. The van der Waals surface area contributed by atoms with Crippen LogP contribution in [0.1, 0.15) is 24.8 Å². The molecule has 4 N–H and O–H groups in total. The number of halogens is 1. The van der Waals surface area contributed by atoms with E-state index in [0.717, 1.165) is 25.5 Å². The van der Waals surface area contributed by atoms with Crippen LogP contribution in [0.25, 0.3) is 11.0 Å². The summed E-state index contributed by atoms with van der Waals surface area (Å²) in [4.78, 5) is 11.4. The van der Waals surface area contributed by atoms with Crippen LogP contribution in [-0.4, -0.2) is 36.2 Å². The van der Waals surface area contributed by atoms with Gasteiger partial charge in [-0.1, -0.05) is 6.42 Å². The van der Waals surface area contributed by atoms with Gasteiger partial charge < -0.3 is 16.0 Å². The molecule has 1 fully saturated rings. The van der Waals surface area contributed by atoms with Gasteiger partial charge in [-0.15, -0.1) is 0 Å². The SMILES string of the molecule is CS(=O)(=O)N1CC2(CCC2)c2c(F)ccc(Nc3nc(N)nc4[nH]ccc34)c21. The Labute approximate surface area is 161 Å². The van der Waals surface area contributed by atoms with Crippen LogP contribution in [0.4, 0.5) is 27.5 Å². The zero-order valence-electron chi connectivity index (χ0n) is 15.2. The third kappa shape index (κ3) is 2.37. The number of aromatic amines is 1. The average Bonchev–Trinajstić information content (AvgIpc) is 3.19. The Morgan fingerprint density at radius 2 is 2.07 bits per heavy atom. The third-order valence-corrected chi connectivity index (χ3v) is 6.86. The molecule has 1 saturated carbocycles. The van der Waals surface area contributed by atoms with Gasteiger partial charge in [-0.2, -0.15) is 9.97 Å². The van der Waals surface area contributed by atoms with E-state index >= 15 is 0 Å². The van der Waals surface area contributed by atoms with Crippen LogP contribution in [0.3, 0.4) is 0 Å². The van der Waals surface area contributed by atoms with Crippen LogP contribution >= 0.6 is 0 Å². The highest BCUT2D eigenvalue weighted by Gasteiger charge is 2.52. The minimum Gasteiger partial charge on any atom is -0.368 e. The van der Waals surface area contributed by atoms with Crippen molar-refractivity contribution in [1.29, 1.82) is 0 Å². The van der Waals surface area contributed by atoms with Gasteiger partial charge in [0.1, 0.15) is 17.3 Å². The fraction of sp³-hybridized carbons (Fsp3) is 0.333. The molecule has 5 rings (SSSR count). The molecule has 10 heteroatoms. The number of sulfonamides is 1. The van der Waals surface area contributed by atoms with E-state index in [0.29, 0.717) is 33.8 Å². The Kier molecular flexibility index (Phi) is 3.43. The van der Waals surface area contributed by atoms with Crippen molar-refractivity contribution in [2.45, 2.75) is 24.7 Å². The molecule has 146 valence electrons. The molecule has 1 aliphatic heterocycles. The van der Waals surface area contributed by atoms with Crippen LogP contribution in [0.2, 0.25) is 0 Å². The molecule has 3 aromatic rings. The first kappa shape index (κ1) is 17.2. The first-order valence-corrected chi connectivity index (χ1v) is 10.8. The molecule has 28 heavy (non-hydrogen) atoms. The Bertz CT molecular complexity index is 1220. The summed E-state index contributed by atoms with van der Waals surface area (Å²) >= 11 is 0. The van der Waals surface area contributed by atoms with E-state index < -0.39 is 15.4 Å². The molecule has 1 spiro atoms. The summed E-state index contributed by atoms with van der Waals surface area (Å²) < 4.78 is 41.1. The van der Waals surface area contributed by atoms with Crippen LogP contribution in [0.15, 0.2) is 24.4 Å². The molecule has 0 bridgehead atoms. The monoisotopic (exact) mass is 402 g/mol. The van der Waals surface area contributed by atoms with Crippen molar-refractivity contribution in [3.05, 3.63) is 35.8 Å². The minimum absolute atomic E-state index is 0.0756. The van der Waals surface area contributed by atoms with E-state index in [1.807, 2.05) is 0 Å². The van der Waals surface area contributed by atoms with Crippen molar-refractivity contribution >= 4 is 44.2 Å². The lowest BCUT2D eigenvalue weighted by molar-refractivity contribution is 0.260. The number of hydrogen-bond acceptors (Lipinski definition) is 6. The van der Waals surface area contributed by atoms with Gasteiger partial charge in [-0.3, -0.25) is 4.31 Å². The lowest BCUT2D eigenvalue weighted by Gasteiger charge is -2.38. The number of hydrogen-bond donors (Lipinski definition) is 3. The van der Waals surface area contributed by atoms with Gasteiger partial charge in [-0.25, -0.2) is 12.8 Å². The van der Waals surface area contributed by atoms with Crippen molar-refractivity contribution < 1.29 is 12.8 Å². The first-order chi connectivity index (χ1) is 13.3. The summed E-state index contributed by atoms with van der Waals surface area (Å²) in [6, 6.07) is 4.72. The fourth-order valence-corrected chi connectivity index (χ4v) is 5.34. The summed E-state index contributed by atoms with van der Waals surface area (Å²) in [5.74, 6) is 0.132. The van der Waals surface area contributed by atoms with E-state index in [2.05, 4.69) is 20.3 Å². The topological polar surface area (TPSA) is 117 Å². The second-order valence-corrected chi connectivity index (χ2v) is 9.42. The molecule has 1 aliphatic carbocycles. The number of nitrogens with zero attached hydrogens (tertiary/aromatic N) is 3. The van der Waals surface area contributed by atoms with Crippen molar-refractivity contribution in [2.75, 3.05) is 28.2 Å².